The zero-order valence-corrected chi connectivity index (χ0v) is 15.2. The largest absolute Gasteiger partial charge is 0.444 e. The number of hydrogen-bond acceptors (Lipinski definition) is 2. The van der Waals surface area contributed by atoms with Crippen LogP contribution in [0.3, 0.4) is 0 Å². The molecule has 1 fully saturated rings. The van der Waals surface area contributed by atoms with Gasteiger partial charge in [-0.3, -0.25) is 0 Å². The van der Waals surface area contributed by atoms with Crippen molar-refractivity contribution in [3.63, 3.8) is 0 Å². The van der Waals surface area contributed by atoms with Crippen molar-refractivity contribution in [3.05, 3.63) is 33.5 Å². The Hall–Kier alpha value is -1.10. The van der Waals surface area contributed by atoms with Crippen molar-refractivity contribution in [2.75, 3.05) is 6.54 Å². The minimum absolute atomic E-state index is 0.256. The van der Waals surface area contributed by atoms with Gasteiger partial charge in [0.05, 0.1) is 6.54 Å². The molecule has 3 nitrogen and oxygen atoms in total. The molecule has 0 radical (unpaired) electrons. The second-order valence-electron chi connectivity index (χ2n) is 7.00. The van der Waals surface area contributed by atoms with Crippen LogP contribution >= 0.6 is 15.9 Å². The zero-order valence-electron chi connectivity index (χ0n) is 13.6. The molecule has 0 N–H and O–H groups in total. The Bertz CT molecular complexity index is 565. The standard InChI is InChI=1S/C17H23BrFNO2/c1-11-7-14(18)13(8-15(11)19)10-20(9-12-5-6-12)16(21)22-17(2,3)4/h7-8,12H,5-6,9-10H2,1-4H3. The van der Waals surface area contributed by atoms with Gasteiger partial charge in [-0.2, -0.15) is 0 Å². The Labute approximate surface area is 140 Å². The minimum atomic E-state index is -0.533. The van der Waals surface area contributed by atoms with Crippen molar-refractivity contribution in [1.82, 2.24) is 4.90 Å². The molecule has 1 aromatic carbocycles. The molecule has 122 valence electrons. The Kier molecular flexibility index (Phi) is 5.15. The molecular weight excluding hydrogens is 349 g/mol. The minimum Gasteiger partial charge on any atom is -0.444 e. The number of benzene rings is 1. The lowest BCUT2D eigenvalue weighted by molar-refractivity contribution is 0.0223. The van der Waals surface area contributed by atoms with E-state index in [1.165, 1.54) is 6.07 Å². The third-order valence-corrected chi connectivity index (χ3v) is 4.25. The third-order valence-electron chi connectivity index (χ3n) is 3.52. The fourth-order valence-corrected chi connectivity index (χ4v) is 2.74. The van der Waals surface area contributed by atoms with Gasteiger partial charge in [-0.15, -0.1) is 0 Å². The third kappa shape index (κ3) is 4.97. The van der Waals surface area contributed by atoms with E-state index in [0.717, 1.165) is 22.9 Å². The van der Waals surface area contributed by atoms with Crippen LogP contribution in [-0.2, 0) is 11.3 Å². The number of amides is 1. The van der Waals surface area contributed by atoms with Gasteiger partial charge in [-0.25, -0.2) is 9.18 Å². The Morgan fingerprint density at radius 3 is 2.59 bits per heavy atom. The van der Waals surface area contributed by atoms with Crippen LogP contribution in [0, 0.1) is 18.7 Å². The van der Waals surface area contributed by atoms with E-state index in [-0.39, 0.29) is 11.9 Å². The maximum atomic E-state index is 13.8. The summed E-state index contributed by atoms with van der Waals surface area (Å²) in [7, 11) is 0. The van der Waals surface area contributed by atoms with E-state index in [1.54, 1.807) is 17.9 Å². The first-order chi connectivity index (χ1) is 10.2. The number of halogens is 2. The lowest BCUT2D eigenvalue weighted by atomic mass is 10.1. The van der Waals surface area contributed by atoms with Crippen molar-refractivity contribution in [2.45, 2.75) is 52.7 Å². The summed E-state index contributed by atoms with van der Waals surface area (Å²) in [5.41, 5.74) is 0.811. The van der Waals surface area contributed by atoms with E-state index in [2.05, 4.69) is 15.9 Å². The van der Waals surface area contributed by atoms with Gasteiger partial charge in [-0.1, -0.05) is 15.9 Å². The summed E-state index contributed by atoms with van der Waals surface area (Å²) in [5, 5.41) is 0. The van der Waals surface area contributed by atoms with Gasteiger partial charge in [0.1, 0.15) is 11.4 Å². The highest BCUT2D eigenvalue weighted by atomic mass is 79.9. The summed E-state index contributed by atoms with van der Waals surface area (Å²) in [6.07, 6.45) is 1.94. The zero-order chi connectivity index (χ0) is 16.5. The predicted octanol–water partition coefficient (Wildman–Crippen LogP) is 5.04. The van der Waals surface area contributed by atoms with Crippen molar-refractivity contribution >= 4 is 22.0 Å². The number of rotatable bonds is 4. The maximum absolute atomic E-state index is 13.8. The molecule has 0 aromatic heterocycles. The number of nitrogens with zero attached hydrogens (tertiary/aromatic N) is 1. The monoisotopic (exact) mass is 371 g/mol. The van der Waals surface area contributed by atoms with Crippen LogP contribution in [0.25, 0.3) is 0 Å². The highest BCUT2D eigenvalue weighted by Gasteiger charge is 2.30. The molecule has 2 rings (SSSR count). The molecule has 1 saturated carbocycles. The number of ether oxygens (including phenoxy) is 1. The molecule has 1 amide bonds. The van der Waals surface area contributed by atoms with Gasteiger partial charge in [0.25, 0.3) is 0 Å². The van der Waals surface area contributed by atoms with Crippen LogP contribution < -0.4 is 0 Å². The second kappa shape index (κ2) is 6.57. The average Bonchev–Trinajstić information content (AvgIpc) is 3.16. The summed E-state index contributed by atoms with van der Waals surface area (Å²) in [6, 6.07) is 3.23. The van der Waals surface area contributed by atoms with Gasteiger partial charge in [0, 0.05) is 11.0 Å². The molecule has 1 aliphatic carbocycles. The van der Waals surface area contributed by atoms with E-state index in [0.29, 0.717) is 24.6 Å². The summed E-state index contributed by atoms with van der Waals surface area (Å²) in [4.78, 5) is 14.1. The molecular formula is C17H23BrFNO2. The Morgan fingerprint density at radius 2 is 2.05 bits per heavy atom. The topological polar surface area (TPSA) is 29.5 Å². The van der Waals surface area contributed by atoms with Crippen LogP contribution in [-0.4, -0.2) is 23.1 Å². The van der Waals surface area contributed by atoms with Gasteiger partial charge < -0.3 is 9.64 Å². The van der Waals surface area contributed by atoms with E-state index in [1.807, 2.05) is 20.8 Å². The van der Waals surface area contributed by atoms with Crippen molar-refractivity contribution in [1.29, 1.82) is 0 Å². The van der Waals surface area contributed by atoms with Crippen LogP contribution in [0.4, 0.5) is 9.18 Å². The molecule has 1 aliphatic rings. The number of carbonyl (C=O) groups is 1. The SMILES string of the molecule is Cc1cc(Br)c(CN(CC2CC2)C(=O)OC(C)(C)C)cc1F. The Balaban J connectivity index is 2.15. The van der Waals surface area contributed by atoms with E-state index in [9.17, 15) is 9.18 Å². The molecule has 22 heavy (non-hydrogen) atoms. The van der Waals surface area contributed by atoms with Crippen LogP contribution in [0.5, 0.6) is 0 Å². The van der Waals surface area contributed by atoms with Gasteiger partial charge in [0.15, 0.2) is 0 Å². The first-order valence-electron chi connectivity index (χ1n) is 7.58. The van der Waals surface area contributed by atoms with E-state index in [4.69, 9.17) is 4.74 Å². The normalized spacial score (nSPS) is 14.8. The van der Waals surface area contributed by atoms with Gasteiger partial charge in [0.2, 0.25) is 0 Å². The quantitative estimate of drug-likeness (QED) is 0.741. The number of carbonyl (C=O) groups excluding carboxylic acids is 1. The van der Waals surface area contributed by atoms with Crippen molar-refractivity contribution < 1.29 is 13.9 Å². The summed E-state index contributed by atoms with van der Waals surface area (Å²) in [6.45, 7) is 8.28. The molecule has 0 unspecified atom stereocenters. The number of aryl methyl sites for hydroxylation is 1. The maximum Gasteiger partial charge on any atom is 0.410 e. The molecule has 0 bridgehead atoms. The first kappa shape index (κ1) is 17.3. The molecule has 0 heterocycles. The summed E-state index contributed by atoms with van der Waals surface area (Å²) < 4.78 is 20.1. The van der Waals surface area contributed by atoms with E-state index < -0.39 is 5.60 Å². The fraction of sp³-hybridized carbons (Fsp3) is 0.588. The molecule has 1 aromatic rings. The first-order valence-corrected chi connectivity index (χ1v) is 8.37. The highest BCUT2D eigenvalue weighted by molar-refractivity contribution is 9.10. The smallest absolute Gasteiger partial charge is 0.410 e. The fourth-order valence-electron chi connectivity index (χ4n) is 2.16. The van der Waals surface area contributed by atoms with Crippen molar-refractivity contribution in [3.8, 4) is 0 Å². The highest BCUT2D eigenvalue weighted by Crippen LogP contribution is 2.31. The second-order valence-corrected chi connectivity index (χ2v) is 7.85. The van der Waals surface area contributed by atoms with Crippen LogP contribution in [0.2, 0.25) is 0 Å². The van der Waals surface area contributed by atoms with Crippen LogP contribution in [0.15, 0.2) is 16.6 Å². The average molecular weight is 372 g/mol. The molecule has 0 atom stereocenters. The molecule has 0 spiro atoms. The summed E-state index contributed by atoms with van der Waals surface area (Å²) >= 11 is 3.46. The van der Waals surface area contributed by atoms with Gasteiger partial charge in [-0.05, 0) is 69.7 Å². The Morgan fingerprint density at radius 1 is 1.41 bits per heavy atom. The molecule has 0 saturated heterocycles. The summed E-state index contributed by atoms with van der Waals surface area (Å²) in [5.74, 6) is 0.287. The molecule has 5 heteroatoms. The number of hydrogen-bond donors (Lipinski definition) is 0. The van der Waals surface area contributed by atoms with Crippen LogP contribution in [0.1, 0.15) is 44.7 Å². The molecule has 0 aliphatic heterocycles. The van der Waals surface area contributed by atoms with Gasteiger partial charge >= 0.3 is 6.09 Å². The van der Waals surface area contributed by atoms with Crippen molar-refractivity contribution in [2.24, 2.45) is 5.92 Å². The lowest BCUT2D eigenvalue weighted by Crippen LogP contribution is -2.37. The lowest BCUT2D eigenvalue weighted by Gasteiger charge is -2.28. The predicted molar refractivity (Wildman–Crippen MR) is 88.2 cm³/mol. The van der Waals surface area contributed by atoms with E-state index >= 15 is 0 Å².